The molecule has 1 aromatic carbocycles. The van der Waals surface area contributed by atoms with Gasteiger partial charge in [-0.15, -0.1) is 0 Å². The molecule has 1 saturated carbocycles. The van der Waals surface area contributed by atoms with Gasteiger partial charge in [0.2, 0.25) is 0 Å². The normalized spacial score (nSPS) is 15.5. The first kappa shape index (κ1) is 23.9. The molecule has 4 rings (SSSR count). The van der Waals surface area contributed by atoms with Crippen LogP contribution in [0.15, 0.2) is 42.7 Å². The van der Waals surface area contributed by atoms with Gasteiger partial charge in [-0.05, 0) is 25.0 Å². The van der Waals surface area contributed by atoms with Crippen LogP contribution < -0.4 is 10.1 Å². The summed E-state index contributed by atoms with van der Waals surface area (Å²) in [6.45, 7) is -1.61. The molecule has 3 aromatic rings. The number of nitrogens with zero attached hydrogens (tertiary/aromatic N) is 2. The van der Waals surface area contributed by atoms with Crippen molar-refractivity contribution in [2.24, 2.45) is 0 Å². The average molecular weight is 485 g/mol. The van der Waals surface area contributed by atoms with E-state index in [4.69, 9.17) is 4.74 Å². The van der Waals surface area contributed by atoms with Crippen LogP contribution in [0.2, 0.25) is 0 Å². The van der Waals surface area contributed by atoms with Gasteiger partial charge in [-0.1, -0.05) is 37.5 Å². The Morgan fingerprint density at radius 1 is 1.03 bits per heavy atom. The summed E-state index contributed by atoms with van der Waals surface area (Å²) in [5.41, 5.74) is -1.25. The predicted molar refractivity (Wildman–Crippen MR) is 112 cm³/mol. The van der Waals surface area contributed by atoms with Crippen molar-refractivity contribution in [3.63, 3.8) is 0 Å². The third kappa shape index (κ3) is 5.45. The van der Waals surface area contributed by atoms with Gasteiger partial charge < -0.3 is 14.5 Å². The Bertz CT molecular complexity index is 1180. The number of carbonyl (C=O) groups excluding carboxylic acids is 1. The Morgan fingerprint density at radius 2 is 1.74 bits per heavy atom. The summed E-state index contributed by atoms with van der Waals surface area (Å²) in [6, 6.07) is 6.21. The van der Waals surface area contributed by atoms with E-state index in [-0.39, 0.29) is 34.3 Å². The highest BCUT2D eigenvalue weighted by atomic mass is 19.4. The van der Waals surface area contributed by atoms with E-state index in [1.165, 1.54) is 30.5 Å². The zero-order valence-electron chi connectivity index (χ0n) is 17.8. The molecule has 1 fully saturated rings. The van der Waals surface area contributed by atoms with Crippen molar-refractivity contribution in [3.05, 3.63) is 54.0 Å². The molecule has 2 heterocycles. The van der Waals surface area contributed by atoms with Gasteiger partial charge in [0.25, 0.3) is 5.91 Å². The summed E-state index contributed by atoms with van der Waals surface area (Å²) in [6.07, 6.45) is -2.73. The summed E-state index contributed by atoms with van der Waals surface area (Å²) in [5.74, 6) is -0.769. The lowest BCUT2D eigenvalue weighted by Crippen LogP contribution is -2.36. The molecule has 2 aromatic heterocycles. The molecule has 11 heteroatoms. The number of fused-ring (bicyclic) bond motifs is 1. The summed E-state index contributed by atoms with van der Waals surface area (Å²) < 4.78 is 84.8. The van der Waals surface area contributed by atoms with Crippen molar-refractivity contribution in [1.29, 1.82) is 0 Å². The van der Waals surface area contributed by atoms with E-state index < -0.39 is 30.4 Å². The van der Waals surface area contributed by atoms with Gasteiger partial charge in [-0.2, -0.15) is 26.3 Å². The number of aromatic nitrogens is 2. The Kier molecular flexibility index (Phi) is 6.46. The van der Waals surface area contributed by atoms with E-state index in [0.717, 1.165) is 48.8 Å². The fourth-order valence-electron chi connectivity index (χ4n) is 4.04. The zero-order valence-corrected chi connectivity index (χ0v) is 17.8. The number of hydrogen-bond acceptors (Lipinski definition) is 3. The van der Waals surface area contributed by atoms with Crippen LogP contribution in [0.4, 0.5) is 26.3 Å². The quantitative estimate of drug-likeness (QED) is 0.450. The molecule has 0 aliphatic heterocycles. The second kappa shape index (κ2) is 9.19. The number of hydrogen-bond donors (Lipinski definition) is 1. The lowest BCUT2D eigenvalue weighted by atomic mass is 9.95. The van der Waals surface area contributed by atoms with Crippen LogP contribution in [-0.2, 0) is 6.18 Å². The Morgan fingerprint density at radius 3 is 2.41 bits per heavy atom. The largest absolute Gasteiger partial charge is 0.483 e. The van der Waals surface area contributed by atoms with Crippen molar-refractivity contribution in [1.82, 2.24) is 14.7 Å². The number of carbonyl (C=O) groups is 1. The number of halogens is 6. The van der Waals surface area contributed by atoms with E-state index in [2.05, 4.69) is 10.3 Å². The second-order valence-electron chi connectivity index (χ2n) is 8.21. The minimum Gasteiger partial charge on any atom is -0.483 e. The van der Waals surface area contributed by atoms with Gasteiger partial charge in [0.15, 0.2) is 6.61 Å². The predicted octanol–water partition coefficient (Wildman–Crippen LogP) is 6.02. The second-order valence-corrected chi connectivity index (χ2v) is 8.21. The molecule has 0 radical (unpaired) electrons. The van der Waals surface area contributed by atoms with Gasteiger partial charge in [-0.3, -0.25) is 4.79 Å². The van der Waals surface area contributed by atoms with Gasteiger partial charge in [0.05, 0.1) is 5.56 Å². The topological polar surface area (TPSA) is 55.6 Å². The van der Waals surface area contributed by atoms with Crippen molar-refractivity contribution >= 4 is 11.6 Å². The summed E-state index contributed by atoms with van der Waals surface area (Å²) in [4.78, 5) is 17.0. The number of imidazole rings is 1. The molecule has 182 valence electrons. The van der Waals surface area contributed by atoms with Crippen molar-refractivity contribution in [3.8, 4) is 16.9 Å². The lowest BCUT2D eigenvalue weighted by molar-refractivity contribution is -0.153. The number of ether oxygens (including phenoxy) is 1. The van der Waals surface area contributed by atoms with Gasteiger partial charge in [0.1, 0.15) is 17.1 Å². The minimum absolute atomic E-state index is 0.00677. The highest BCUT2D eigenvalue weighted by molar-refractivity contribution is 5.94. The first-order valence-corrected chi connectivity index (χ1v) is 10.7. The summed E-state index contributed by atoms with van der Waals surface area (Å²) in [5, 5.41) is 2.86. The van der Waals surface area contributed by atoms with Gasteiger partial charge in [-0.25, -0.2) is 4.98 Å². The Balaban J connectivity index is 1.77. The van der Waals surface area contributed by atoms with Gasteiger partial charge >= 0.3 is 12.4 Å². The van der Waals surface area contributed by atoms with Crippen LogP contribution in [0, 0.1) is 0 Å². The van der Waals surface area contributed by atoms with Crippen LogP contribution in [0.5, 0.6) is 5.75 Å². The molecule has 1 amide bonds. The maximum atomic E-state index is 13.6. The third-order valence-corrected chi connectivity index (χ3v) is 5.62. The lowest BCUT2D eigenvalue weighted by Gasteiger charge is -2.22. The Labute approximate surface area is 190 Å². The highest BCUT2D eigenvalue weighted by Crippen LogP contribution is 2.38. The zero-order chi connectivity index (χ0) is 24.5. The van der Waals surface area contributed by atoms with E-state index in [9.17, 15) is 31.1 Å². The van der Waals surface area contributed by atoms with E-state index in [1.807, 2.05) is 0 Å². The van der Waals surface area contributed by atoms with Crippen molar-refractivity contribution < 1.29 is 35.9 Å². The molecule has 34 heavy (non-hydrogen) atoms. The Hall–Kier alpha value is -3.24. The standard InChI is InChI=1S/C23H21F6N3O2/c24-22(25,26)13-34-19-9-5-4-8-16(19)17-10-14(23(27,28)29)11-32-12-18(31-20(17)32)21(33)30-15-6-2-1-3-7-15/h4-5,8-12,15H,1-3,6-7,13H2,(H,30,33). The number of pyridine rings is 1. The molecule has 0 spiro atoms. The molecule has 0 unspecified atom stereocenters. The monoisotopic (exact) mass is 485 g/mol. The number of rotatable bonds is 5. The van der Waals surface area contributed by atoms with E-state index in [1.54, 1.807) is 0 Å². The molecular formula is C23H21F6N3O2. The first-order valence-electron chi connectivity index (χ1n) is 10.7. The molecule has 0 saturated heterocycles. The van der Waals surface area contributed by atoms with Crippen molar-refractivity contribution in [2.45, 2.75) is 50.5 Å². The van der Waals surface area contributed by atoms with Gasteiger partial charge in [0, 0.05) is 29.6 Å². The fourth-order valence-corrected chi connectivity index (χ4v) is 4.04. The van der Waals surface area contributed by atoms with E-state index in [0.29, 0.717) is 0 Å². The number of nitrogens with one attached hydrogen (secondary N) is 1. The van der Waals surface area contributed by atoms with Crippen LogP contribution in [0.1, 0.15) is 48.2 Å². The molecule has 1 aliphatic rings. The van der Waals surface area contributed by atoms with Crippen LogP contribution >= 0.6 is 0 Å². The molecule has 1 N–H and O–H groups in total. The molecular weight excluding hydrogens is 464 g/mol. The highest BCUT2D eigenvalue weighted by Gasteiger charge is 2.33. The molecule has 5 nitrogen and oxygen atoms in total. The number of amides is 1. The van der Waals surface area contributed by atoms with Crippen molar-refractivity contribution in [2.75, 3.05) is 6.61 Å². The number of para-hydroxylation sites is 1. The smallest absolute Gasteiger partial charge is 0.422 e. The fraction of sp³-hybridized carbons (Fsp3) is 0.391. The minimum atomic E-state index is -4.74. The first-order chi connectivity index (χ1) is 16.0. The van der Waals surface area contributed by atoms with E-state index >= 15 is 0 Å². The molecule has 0 bridgehead atoms. The molecule has 0 atom stereocenters. The number of alkyl halides is 6. The summed E-state index contributed by atoms with van der Waals surface area (Å²) >= 11 is 0. The van der Waals surface area contributed by atoms with Crippen LogP contribution in [0.25, 0.3) is 16.8 Å². The third-order valence-electron chi connectivity index (χ3n) is 5.62. The molecule has 1 aliphatic carbocycles. The number of benzene rings is 1. The maximum absolute atomic E-state index is 13.6. The van der Waals surface area contributed by atoms with Crippen LogP contribution in [-0.4, -0.2) is 34.1 Å². The van der Waals surface area contributed by atoms with Crippen LogP contribution in [0.3, 0.4) is 0 Å². The SMILES string of the molecule is O=C(NC1CCCCC1)c1cn2cc(C(F)(F)F)cc(-c3ccccc3OCC(F)(F)F)c2n1. The maximum Gasteiger partial charge on any atom is 0.422 e. The summed E-state index contributed by atoms with van der Waals surface area (Å²) in [7, 11) is 0. The average Bonchev–Trinajstić information content (AvgIpc) is 3.21.